The van der Waals surface area contributed by atoms with Crippen molar-refractivity contribution in [3.05, 3.63) is 0 Å². The van der Waals surface area contributed by atoms with Crippen LogP contribution in [0.2, 0.25) is 0 Å². The summed E-state index contributed by atoms with van der Waals surface area (Å²) in [6.07, 6.45) is 6.44. The van der Waals surface area contributed by atoms with Gasteiger partial charge in [0.25, 0.3) is 0 Å². The maximum atomic E-state index is 2.52. The first kappa shape index (κ1) is 10.3. The van der Waals surface area contributed by atoms with Crippen LogP contribution in [-0.2, 0) is 0 Å². The lowest BCUT2D eigenvalue weighted by molar-refractivity contribution is 0.259. The van der Waals surface area contributed by atoms with Gasteiger partial charge in [0.2, 0.25) is 0 Å². The average molecular weight is 187 g/mol. The smallest absolute Gasteiger partial charge is 0.00674 e. The van der Waals surface area contributed by atoms with Crippen LogP contribution in [-0.4, -0.2) is 41.9 Å². The molecule has 0 spiro atoms. The standard InChI is InChI=1S/C10H21NS/c1-10-6-4-5-8-12(3)9-7-11(10)2/h8,10H,4-7,9H2,1-3H3/t10-,12?/m0/s1. The van der Waals surface area contributed by atoms with E-state index in [0.717, 1.165) is 6.04 Å². The van der Waals surface area contributed by atoms with Crippen LogP contribution in [0.5, 0.6) is 0 Å². The van der Waals surface area contributed by atoms with Crippen LogP contribution in [0.4, 0.5) is 0 Å². The molecule has 0 fully saturated rings. The molecule has 1 nitrogen and oxygen atoms in total. The molecule has 0 aromatic carbocycles. The monoisotopic (exact) mass is 187 g/mol. The molecule has 0 saturated carbocycles. The Morgan fingerprint density at radius 3 is 3.00 bits per heavy atom. The lowest BCUT2D eigenvalue weighted by Crippen LogP contribution is -2.30. The van der Waals surface area contributed by atoms with Gasteiger partial charge in [0.15, 0.2) is 0 Å². The van der Waals surface area contributed by atoms with Crippen LogP contribution in [0.3, 0.4) is 0 Å². The Morgan fingerprint density at radius 1 is 1.50 bits per heavy atom. The van der Waals surface area contributed by atoms with E-state index >= 15 is 0 Å². The minimum atomic E-state index is 0.568. The predicted octanol–water partition coefficient (Wildman–Crippen LogP) is 2.19. The second-order valence-electron chi connectivity index (χ2n) is 3.82. The highest BCUT2D eigenvalue weighted by Gasteiger charge is 2.09. The molecule has 0 bridgehead atoms. The zero-order valence-corrected chi connectivity index (χ0v) is 9.36. The van der Waals surface area contributed by atoms with Crippen molar-refractivity contribution >= 4 is 15.9 Å². The van der Waals surface area contributed by atoms with Gasteiger partial charge in [0.1, 0.15) is 0 Å². The second-order valence-corrected chi connectivity index (χ2v) is 5.95. The third-order valence-corrected chi connectivity index (χ3v) is 4.38. The zero-order chi connectivity index (χ0) is 8.97. The van der Waals surface area contributed by atoms with Gasteiger partial charge < -0.3 is 4.90 Å². The van der Waals surface area contributed by atoms with E-state index in [1.807, 2.05) is 0 Å². The second kappa shape index (κ2) is 5.03. The molecule has 12 heavy (non-hydrogen) atoms. The Bertz CT molecular complexity index is 165. The van der Waals surface area contributed by atoms with E-state index in [0.29, 0.717) is 10.5 Å². The molecule has 0 aliphatic carbocycles. The fourth-order valence-corrected chi connectivity index (χ4v) is 2.82. The molecule has 1 unspecified atom stereocenters. The van der Waals surface area contributed by atoms with Crippen LogP contribution < -0.4 is 0 Å². The van der Waals surface area contributed by atoms with Gasteiger partial charge in [-0.15, -0.1) is 0 Å². The maximum absolute atomic E-state index is 2.52. The first-order chi connectivity index (χ1) is 5.70. The fourth-order valence-electron chi connectivity index (χ4n) is 1.51. The van der Waals surface area contributed by atoms with E-state index in [1.54, 1.807) is 0 Å². The van der Waals surface area contributed by atoms with Crippen LogP contribution >= 0.6 is 10.5 Å². The Morgan fingerprint density at radius 2 is 2.25 bits per heavy atom. The van der Waals surface area contributed by atoms with Gasteiger partial charge >= 0.3 is 0 Å². The molecule has 0 amide bonds. The highest BCUT2D eigenvalue weighted by Crippen LogP contribution is 2.14. The Labute approximate surface area is 79.1 Å². The van der Waals surface area contributed by atoms with Gasteiger partial charge in [-0.05, 0) is 39.5 Å². The number of hydrogen-bond donors (Lipinski definition) is 0. The van der Waals surface area contributed by atoms with Gasteiger partial charge in [-0.25, -0.2) is 0 Å². The summed E-state index contributed by atoms with van der Waals surface area (Å²) in [7, 11) is 2.83. The van der Waals surface area contributed by atoms with Crippen LogP contribution in [0, 0.1) is 0 Å². The Balaban J connectivity index is 2.47. The van der Waals surface area contributed by atoms with Gasteiger partial charge in [-0.2, -0.15) is 10.5 Å². The molecule has 72 valence electrons. The molecule has 1 aliphatic rings. The summed E-state index contributed by atoms with van der Waals surface area (Å²) >= 11 is 0. The predicted molar refractivity (Wildman–Crippen MR) is 60.4 cm³/mol. The van der Waals surface area contributed by atoms with Crippen LogP contribution in [0.15, 0.2) is 0 Å². The van der Waals surface area contributed by atoms with Crippen molar-refractivity contribution in [2.24, 2.45) is 0 Å². The van der Waals surface area contributed by atoms with Gasteiger partial charge in [-0.3, -0.25) is 0 Å². The molecule has 0 saturated heterocycles. The van der Waals surface area contributed by atoms with Gasteiger partial charge in [0, 0.05) is 18.3 Å². The SMILES string of the molecule is C[C@H]1CCC/C=S(\C)CCN1C. The van der Waals surface area contributed by atoms with Crippen molar-refractivity contribution in [3.63, 3.8) is 0 Å². The fraction of sp³-hybridized carbons (Fsp3) is 0.900. The molecule has 0 aromatic heterocycles. The summed E-state index contributed by atoms with van der Waals surface area (Å²) < 4.78 is 0. The van der Waals surface area contributed by atoms with Gasteiger partial charge in [0.05, 0.1) is 0 Å². The Kier molecular flexibility index (Phi) is 4.30. The van der Waals surface area contributed by atoms with Crippen molar-refractivity contribution < 1.29 is 0 Å². The molecule has 1 aliphatic heterocycles. The average Bonchev–Trinajstić information content (AvgIpc) is 2.11. The van der Waals surface area contributed by atoms with E-state index in [9.17, 15) is 0 Å². The first-order valence-corrected chi connectivity index (χ1v) is 6.71. The van der Waals surface area contributed by atoms with Crippen LogP contribution in [0.25, 0.3) is 0 Å². The quantitative estimate of drug-likeness (QED) is 0.526. The summed E-state index contributed by atoms with van der Waals surface area (Å²) in [5.74, 6) is 1.36. The highest BCUT2D eigenvalue weighted by molar-refractivity contribution is 8.14. The highest BCUT2D eigenvalue weighted by atomic mass is 32.2. The summed E-state index contributed by atoms with van der Waals surface area (Å²) in [5.41, 5.74) is 0. The molecule has 1 heterocycles. The lowest BCUT2D eigenvalue weighted by Gasteiger charge is -2.23. The van der Waals surface area contributed by atoms with E-state index in [1.165, 1.54) is 31.6 Å². The lowest BCUT2D eigenvalue weighted by atomic mass is 10.1. The summed E-state index contributed by atoms with van der Waals surface area (Å²) in [5, 5.41) is 2.52. The van der Waals surface area contributed by atoms with Crippen LogP contribution in [0.1, 0.15) is 26.2 Å². The maximum Gasteiger partial charge on any atom is 0.00674 e. The molecular formula is C10H21NS. The molecular weight excluding hydrogens is 166 g/mol. The van der Waals surface area contributed by atoms with Crippen molar-refractivity contribution in [3.8, 4) is 0 Å². The molecule has 0 aromatic rings. The third kappa shape index (κ3) is 3.28. The normalized spacial score (nSPS) is 35.9. The van der Waals surface area contributed by atoms with Crippen molar-refractivity contribution in [1.29, 1.82) is 0 Å². The summed E-state index contributed by atoms with van der Waals surface area (Å²) in [6.45, 7) is 3.62. The third-order valence-electron chi connectivity index (χ3n) is 2.75. The molecule has 0 N–H and O–H groups in total. The number of hydrogen-bond acceptors (Lipinski definition) is 1. The zero-order valence-electron chi connectivity index (χ0n) is 8.55. The number of rotatable bonds is 0. The molecule has 1 rings (SSSR count). The van der Waals surface area contributed by atoms with Crippen molar-refractivity contribution in [2.75, 3.05) is 25.6 Å². The molecule has 2 atom stereocenters. The first-order valence-electron chi connectivity index (χ1n) is 4.85. The minimum Gasteiger partial charge on any atom is -0.303 e. The van der Waals surface area contributed by atoms with Crippen molar-refractivity contribution in [1.82, 2.24) is 4.90 Å². The Hall–Kier alpha value is 0.180. The van der Waals surface area contributed by atoms with E-state index in [4.69, 9.17) is 0 Å². The largest absolute Gasteiger partial charge is 0.303 e. The molecule has 2 heteroatoms. The number of nitrogens with zero attached hydrogens (tertiary/aromatic N) is 1. The topological polar surface area (TPSA) is 3.24 Å². The molecule has 0 radical (unpaired) electrons. The van der Waals surface area contributed by atoms with Crippen molar-refractivity contribution in [2.45, 2.75) is 32.2 Å². The summed E-state index contributed by atoms with van der Waals surface area (Å²) in [6, 6.07) is 0.786. The van der Waals surface area contributed by atoms with E-state index < -0.39 is 0 Å². The van der Waals surface area contributed by atoms with Gasteiger partial charge in [-0.1, -0.05) is 5.37 Å². The van der Waals surface area contributed by atoms with E-state index in [-0.39, 0.29) is 0 Å². The van der Waals surface area contributed by atoms with E-state index in [2.05, 4.69) is 30.5 Å². The minimum absolute atomic E-state index is 0.568. The summed E-state index contributed by atoms with van der Waals surface area (Å²) in [4.78, 5) is 2.50.